The van der Waals surface area contributed by atoms with Gasteiger partial charge in [-0.05, 0) is 73.9 Å². The molecule has 3 aromatic carbocycles. The number of unbranched alkanes of at least 4 members (excludes halogenated alkanes) is 1. The van der Waals surface area contributed by atoms with Crippen LogP contribution in [-0.2, 0) is 21.7 Å². The molecule has 41 heavy (non-hydrogen) atoms. The normalized spacial score (nSPS) is 18.9. The Kier molecular flexibility index (Phi) is 6.84. The highest BCUT2D eigenvalue weighted by atomic mass is 19.1. The van der Waals surface area contributed by atoms with Gasteiger partial charge in [0.15, 0.2) is 11.2 Å². The molecule has 0 saturated carbocycles. The minimum absolute atomic E-state index is 0.0135. The topological polar surface area (TPSA) is 119 Å². The first-order valence-corrected chi connectivity index (χ1v) is 13.2. The van der Waals surface area contributed by atoms with Crippen LogP contribution in [0.3, 0.4) is 0 Å². The maximum absolute atomic E-state index is 13.7. The van der Waals surface area contributed by atoms with Crippen molar-refractivity contribution in [3.63, 3.8) is 0 Å². The van der Waals surface area contributed by atoms with Crippen LogP contribution in [0, 0.1) is 11.6 Å². The van der Waals surface area contributed by atoms with Crippen LogP contribution in [0.2, 0.25) is 0 Å². The predicted molar refractivity (Wildman–Crippen MR) is 145 cm³/mol. The Hall–Kier alpha value is -4.48. The third-order valence-corrected chi connectivity index (χ3v) is 7.31. The number of halogens is 2. The summed E-state index contributed by atoms with van der Waals surface area (Å²) in [7, 11) is 0. The minimum atomic E-state index is -0.927. The number of carboxylic acid groups (broad SMARTS) is 1. The van der Waals surface area contributed by atoms with E-state index >= 15 is 0 Å². The third-order valence-electron chi connectivity index (χ3n) is 7.31. The smallest absolute Gasteiger partial charge is 0.303 e. The summed E-state index contributed by atoms with van der Waals surface area (Å²) in [6.07, 6.45) is 1.76. The van der Waals surface area contributed by atoms with E-state index in [4.69, 9.17) is 19.3 Å². The molecule has 0 radical (unpaired) electrons. The molecule has 2 atom stereocenters. The lowest BCUT2D eigenvalue weighted by Crippen LogP contribution is -2.24. The highest BCUT2D eigenvalue weighted by Gasteiger charge is 2.43. The first-order chi connectivity index (χ1) is 19.7. The van der Waals surface area contributed by atoms with E-state index in [9.17, 15) is 18.4 Å². The fraction of sp³-hybridized carbons (Fsp3) is 0.267. The van der Waals surface area contributed by atoms with Gasteiger partial charge in [-0.3, -0.25) is 19.0 Å². The van der Waals surface area contributed by atoms with Crippen molar-refractivity contribution >= 4 is 28.0 Å². The molecule has 0 bridgehead atoms. The molecule has 1 saturated heterocycles. The third kappa shape index (κ3) is 5.21. The highest BCUT2D eigenvalue weighted by Crippen LogP contribution is 2.41. The molecule has 1 aliphatic heterocycles. The van der Waals surface area contributed by atoms with Crippen LogP contribution in [0.5, 0.6) is 0 Å². The largest absolute Gasteiger partial charge is 0.481 e. The quantitative estimate of drug-likeness (QED) is 0.239. The molecule has 11 heteroatoms. The molecule has 2 N–H and O–H groups in total. The molecule has 1 aliphatic rings. The van der Waals surface area contributed by atoms with Crippen LogP contribution in [0.15, 0.2) is 69.9 Å². The number of aliphatic carboxylic acids is 1. The van der Waals surface area contributed by atoms with Crippen LogP contribution in [-0.4, -0.2) is 25.6 Å². The molecule has 210 valence electrons. The van der Waals surface area contributed by atoms with E-state index in [-0.39, 0.29) is 18.0 Å². The van der Waals surface area contributed by atoms with E-state index in [0.29, 0.717) is 65.1 Å². The van der Waals surface area contributed by atoms with E-state index in [0.717, 1.165) is 5.56 Å². The van der Waals surface area contributed by atoms with E-state index < -0.39 is 23.2 Å². The summed E-state index contributed by atoms with van der Waals surface area (Å²) in [5.41, 5.74) is 4.43. The molecule has 3 heterocycles. The summed E-state index contributed by atoms with van der Waals surface area (Å²) in [4.78, 5) is 39.8. The molecule has 9 nitrogen and oxygen atoms in total. The number of aromatic nitrogens is 3. The van der Waals surface area contributed by atoms with Gasteiger partial charge in [0.1, 0.15) is 23.0 Å². The van der Waals surface area contributed by atoms with Gasteiger partial charge in [-0.15, -0.1) is 0 Å². The number of oxazole rings is 1. The average Bonchev–Trinajstić information content (AvgIpc) is 3.56. The summed E-state index contributed by atoms with van der Waals surface area (Å²) in [6.45, 7) is 1.83. The van der Waals surface area contributed by atoms with Gasteiger partial charge in [-0.25, -0.2) is 18.7 Å². The van der Waals surface area contributed by atoms with E-state index in [1.807, 2.05) is 19.1 Å². The van der Waals surface area contributed by atoms with Crippen molar-refractivity contribution in [1.82, 2.24) is 20.0 Å². The summed E-state index contributed by atoms with van der Waals surface area (Å²) in [5.74, 6) is -0.961. The maximum Gasteiger partial charge on any atom is 0.303 e. The lowest BCUT2D eigenvalue weighted by molar-refractivity contribution is -0.137. The lowest BCUT2D eigenvalue weighted by atomic mass is 9.93. The summed E-state index contributed by atoms with van der Waals surface area (Å²) >= 11 is 0. The molecule has 0 spiro atoms. The molecule has 5 aromatic rings. The molecular formula is C30H26F2N4O5. The number of hydrogen-bond acceptors (Lipinski definition) is 7. The molecule has 1 fully saturated rings. The lowest BCUT2D eigenvalue weighted by Gasteiger charge is -2.17. The van der Waals surface area contributed by atoms with Crippen LogP contribution in [0.25, 0.3) is 27.7 Å². The van der Waals surface area contributed by atoms with Gasteiger partial charge >= 0.3 is 5.97 Å². The van der Waals surface area contributed by atoms with Gasteiger partial charge in [0.25, 0.3) is 5.56 Å². The number of nitrogens with one attached hydrogen (secondary N) is 1. The minimum Gasteiger partial charge on any atom is -0.481 e. The second-order valence-corrected chi connectivity index (χ2v) is 10.4. The van der Waals surface area contributed by atoms with Crippen LogP contribution < -0.4 is 11.0 Å². The van der Waals surface area contributed by atoms with Crippen molar-refractivity contribution in [2.24, 2.45) is 0 Å². The number of nitrogens with zero attached hydrogens (tertiary/aromatic N) is 3. The maximum atomic E-state index is 13.7. The van der Waals surface area contributed by atoms with Crippen LogP contribution >= 0.6 is 0 Å². The summed E-state index contributed by atoms with van der Waals surface area (Å²) in [5, 5.41) is 9.38. The molecular weight excluding hydrogens is 534 g/mol. The fourth-order valence-electron chi connectivity index (χ4n) is 5.16. The Morgan fingerprint density at radius 1 is 1.05 bits per heavy atom. The molecule has 2 aromatic heterocycles. The monoisotopic (exact) mass is 560 g/mol. The number of carbonyl (C=O) groups is 1. The van der Waals surface area contributed by atoms with E-state index in [1.54, 1.807) is 12.1 Å². The van der Waals surface area contributed by atoms with Crippen LogP contribution in [0.4, 0.5) is 8.78 Å². The first kappa shape index (κ1) is 26.7. The number of rotatable bonds is 8. The zero-order valence-corrected chi connectivity index (χ0v) is 22.1. The number of hydrogen-bond donors (Lipinski definition) is 2. The van der Waals surface area contributed by atoms with Gasteiger partial charge in [0.05, 0.1) is 22.6 Å². The van der Waals surface area contributed by atoms with E-state index in [1.165, 1.54) is 41.0 Å². The average molecular weight is 561 g/mol. The van der Waals surface area contributed by atoms with Gasteiger partial charge in [-0.1, -0.05) is 6.07 Å². The van der Waals surface area contributed by atoms with Gasteiger partial charge in [-0.2, -0.15) is 5.48 Å². The van der Waals surface area contributed by atoms with Crippen molar-refractivity contribution in [1.29, 1.82) is 0 Å². The zero-order valence-electron chi connectivity index (χ0n) is 22.1. The molecule has 0 amide bonds. The number of fused-ring (bicyclic) bond motifs is 2. The Morgan fingerprint density at radius 2 is 1.83 bits per heavy atom. The van der Waals surface area contributed by atoms with E-state index in [2.05, 4.69) is 10.5 Å². The van der Waals surface area contributed by atoms with Gasteiger partial charge < -0.3 is 9.52 Å². The molecule has 6 rings (SSSR count). The van der Waals surface area contributed by atoms with Crippen molar-refractivity contribution < 1.29 is 27.9 Å². The Balaban J connectivity index is 1.33. The molecule has 1 unspecified atom stereocenters. The standard InChI is InChI=1S/C30H26F2N4O5/c1-30(29-34-22-13-9-19(32)15-25(22)40-29)16-24(35-41-30)17-6-12-21-23(14-17)33-26(4-2-3-5-27(37)38)36(28(21)39)20-10-7-18(31)8-11-20/h6-15,24,35H,2-5,16H2,1H3,(H,37,38)/t24?,30-/m1/s1. The SMILES string of the molecule is C[C@]1(c2nc3ccc(F)cc3o2)CC(c2ccc3c(=O)n(-c4ccc(F)cc4)c(CCCCC(=O)O)nc3c2)NO1. The van der Waals surface area contributed by atoms with Crippen LogP contribution in [0.1, 0.15) is 55.9 Å². The van der Waals surface area contributed by atoms with Crippen molar-refractivity contribution in [2.75, 3.05) is 0 Å². The highest BCUT2D eigenvalue weighted by molar-refractivity contribution is 5.79. The summed E-state index contributed by atoms with van der Waals surface area (Å²) in [6, 6.07) is 14.8. The number of aryl methyl sites for hydroxylation is 1. The number of benzene rings is 3. The van der Waals surface area contributed by atoms with Crippen molar-refractivity contribution in [3.8, 4) is 5.69 Å². The Morgan fingerprint density at radius 3 is 2.61 bits per heavy atom. The molecule has 0 aliphatic carbocycles. The van der Waals surface area contributed by atoms with Crippen molar-refractivity contribution in [2.45, 2.75) is 50.7 Å². The Labute approximate surface area is 232 Å². The second-order valence-electron chi connectivity index (χ2n) is 10.4. The number of carboxylic acids is 1. The summed E-state index contributed by atoms with van der Waals surface area (Å²) < 4.78 is 34.5. The van der Waals surface area contributed by atoms with Gasteiger partial charge in [0.2, 0.25) is 5.89 Å². The second kappa shape index (κ2) is 10.5. The first-order valence-electron chi connectivity index (χ1n) is 13.2. The fourth-order valence-corrected chi connectivity index (χ4v) is 5.16. The van der Waals surface area contributed by atoms with Gasteiger partial charge in [0, 0.05) is 25.3 Å². The van der Waals surface area contributed by atoms with Crippen molar-refractivity contribution in [3.05, 3.63) is 99.9 Å². The number of hydroxylamine groups is 1. The predicted octanol–water partition coefficient (Wildman–Crippen LogP) is 5.48. The Bertz CT molecular complexity index is 1840. The zero-order chi connectivity index (χ0) is 28.7.